The van der Waals surface area contributed by atoms with E-state index >= 15 is 0 Å². The van der Waals surface area contributed by atoms with E-state index < -0.39 is 10.8 Å². The number of nitrogens with two attached hydrogens (primary N) is 1. The molecule has 2 unspecified atom stereocenters. The lowest BCUT2D eigenvalue weighted by molar-refractivity contribution is -0.128. The summed E-state index contributed by atoms with van der Waals surface area (Å²) in [6.07, 6.45) is 0.358. The van der Waals surface area contributed by atoms with E-state index in [1.165, 1.54) is 4.90 Å². The van der Waals surface area contributed by atoms with Crippen LogP contribution in [0.2, 0.25) is 0 Å². The number of amides is 1. The summed E-state index contributed by atoms with van der Waals surface area (Å²) in [6, 6.07) is 0. The summed E-state index contributed by atoms with van der Waals surface area (Å²) < 4.78 is 11.4. The van der Waals surface area contributed by atoms with Crippen molar-refractivity contribution in [1.29, 1.82) is 0 Å². The molecule has 84 valence electrons. The minimum atomic E-state index is -0.915. The van der Waals surface area contributed by atoms with Gasteiger partial charge in [-0.2, -0.15) is 0 Å². The average Bonchev–Trinajstić information content (AvgIpc) is 2.13. The van der Waals surface area contributed by atoms with Crippen molar-refractivity contribution < 1.29 is 9.00 Å². The summed E-state index contributed by atoms with van der Waals surface area (Å²) in [6.45, 7) is 2.51. The highest BCUT2D eigenvalue weighted by Gasteiger charge is 2.09. The van der Waals surface area contributed by atoms with E-state index in [0.29, 0.717) is 24.5 Å². The molecule has 0 aromatic rings. The molecule has 1 amide bonds. The highest BCUT2D eigenvalue weighted by molar-refractivity contribution is 7.85. The molecule has 4 nitrogen and oxygen atoms in total. The van der Waals surface area contributed by atoms with Crippen LogP contribution >= 0.6 is 0 Å². The normalized spacial score (nSPS) is 14.9. The lowest BCUT2D eigenvalue weighted by Gasteiger charge is -2.11. The van der Waals surface area contributed by atoms with Gasteiger partial charge in [-0.15, -0.1) is 0 Å². The van der Waals surface area contributed by atoms with Crippen LogP contribution < -0.4 is 5.73 Å². The largest absolute Gasteiger partial charge is 0.349 e. The molecule has 0 rings (SSSR count). The first-order valence-electron chi connectivity index (χ1n) is 4.72. The molecule has 0 aliphatic rings. The van der Waals surface area contributed by atoms with Crippen molar-refractivity contribution >= 4 is 16.7 Å². The van der Waals surface area contributed by atoms with Crippen LogP contribution in [0.1, 0.15) is 13.3 Å². The molecule has 0 radical (unpaired) electrons. The molecule has 0 aliphatic carbocycles. The lowest BCUT2D eigenvalue weighted by atomic mass is 10.2. The third kappa shape index (κ3) is 6.10. The van der Waals surface area contributed by atoms with Crippen molar-refractivity contribution in [3.8, 4) is 0 Å². The summed E-state index contributed by atoms with van der Waals surface area (Å²) in [5, 5.41) is 0. The Morgan fingerprint density at radius 2 is 2.07 bits per heavy atom. The molecule has 0 bridgehead atoms. The Hall–Kier alpha value is -0.420. The third-order valence-electron chi connectivity index (χ3n) is 1.92. The van der Waals surface area contributed by atoms with Gasteiger partial charge in [-0.05, 0) is 12.5 Å². The number of rotatable bonds is 6. The molecule has 0 heterocycles. The maximum absolute atomic E-state index is 11.4. The van der Waals surface area contributed by atoms with Gasteiger partial charge in [0, 0.05) is 42.8 Å². The maximum atomic E-state index is 11.4. The predicted molar refractivity (Wildman–Crippen MR) is 59.4 cm³/mol. The molecular formula is C9H20N2O2S. The summed E-state index contributed by atoms with van der Waals surface area (Å²) in [7, 11) is 2.49. The second-order valence-corrected chi connectivity index (χ2v) is 5.31. The second kappa shape index (κ2) is 6.95. The van der Waals surface area contributed by atoms with Crippen LogP contribution in [0.4, 0.5) is 0 Å². The fourth-order valence-corrected chi connectivity index (χ4v) is 2.23. The number of hydrogen-bond acceptors (Lipinski definition) is 3. The van der Waals surface area contributed by atoms with Crippen LogP contribution in [0.15, 0.2) is 0 Å². The first-order chi connectivity index (χ1) is 6.47. The van der Waals surface area contributed by atoms with E-state index in [1.807, 2.05) is 6.92 Å². The second-order valence-electron chi connectivity index (χ2n) is 3.69. The van der Waals surface area contributed by atoms with Gasteiger partial charge in [0.2, 0.25) is 5.91 Å². The highest BCUT2D eigenvalue weighted by atomic mass is 32.2. The Bertz CT molecular complexity index is 207. The van der Waals surface area contributed by atoms with Gasteiger partial charge in [0.25, 0.3) is 0 Å². The van der Waals surface area contributed by atoms with E-state index in [4.69, 9.17) is 5.73 Å². The molecule has 5 heteroatoms. The molecule has 0 spiro atoms. The smallest absolute Gasteiger partial charge is 0.222 e. The van der Waals surface area contributed by atoms with Crippen LogP contribution in [0, 0.1) is 5.92 Å². The zero-order valence-corrected chi connectivity index (χ0v) is 9.97. The molecule has 0 fully saturated rings. The summed E-state index contributed by atoms with van der Waals surface area (Å²) in [5.41, 5.74) is 5.41. The van der Waals surface area contributed by atoms with E-state index in [0.717, 1.165) is 0 Å². The van der Waals surface area contributed by atoms with Gasteiger partial charge >= 0.3 is 0 Å². The third-order valence-corrected chi connectivity index (χ3v) is 3.52. The molecular weight excluding hydrogens is 200 g/mol. The molecule has 0 saturated carbocycles. The quantitative estimate of drug-likeness (QED) is 0.675. The van der Waals surface area contributed by atoms with Gasteiger partial charge in [0.15, 0.2) is 0 Å². The van der Waals surface area contributed by atoms with Crippen LogP contribution in [0.25, 0.3) is 0 Å². The fraction of sp³-hybridized carbons (Fsp3) is 0.889. The van der Waals surface area contributed by atoms with Gasteiger partial charge in [-0.25, -0.2) is 0 Å². The first-order valence-corrected chi connectivity index (χ1v) is 6.21. The first kappa shape index (κ1) is 13.6. The Labute approximate surface area is 88.3 Å². The van der Waals surface area contributed by atoms with Crippen LogP contribution in [0.5, 0.6) is 0 Å². The molecule has 0 aromatic carbocycles. The number of carbonyl (C=O) groups is 1. The van der Waals surface area contributed by atoms with Crippen LogP contribution in [-0.2, 0) is 15.6 Å². The highest BCUT2D eigenvalue weighted by Crippen LogP contribution is 1.98. The Kier molecular flexibility index (Phi) is 6.74. The molecule has 2 atom stereocenters. The number of nitrogens with zero attached hydrogens (tertiary/aromatic N) is 1. The minimum absolute atomic E-state index is 0.0266. The van der Waals surface area contributed by atoms with Gasteiger partial charge in [0.05, 0.1) is 0 Å². The van der Waals surface area contributed by atoms with Crippen LogP contribution in [0.3, 0.4) is 0 Å². The summed E-state index contributed by atoms with van der Waals surface area (Å²) in [4.78, 5) is 12.7. The molecule has 14 heavy (non-hydrogen) atoms. The van der Waals surface area contributed by atoms with Gasteiger partial charge < -0.3 is 10.6 Å². The molecule has 0 aliphatic heterocycles. The van der Waals surface area contributed by atoms with Crippen molar-refractivity contribution in [2.75, 3.05) is 32.1 Å². The maximum Gasteiger partial charge on any atom is 0.222 e. The number of hydrogen-bond donors (Lipinski definition) is 1. The Morgan fingerprint density at radius 1 is 1.50 bits per heavy atom. The molecule has 2 N–H and O–H groups in total. The molecule has 0 saturated heterocycles. The van der Waals surface area contributed by atoms with Crippen molar-refractivity contribution in [2.24, 2.45) is 11.7 Å². The van der Waals surface area contributed by atoms with Crippen molar-refractivity contribution in [2.45, 2.75) is 13.3 Å². The van der Waals surface area contributed by atoms with Gasteiger partial charge in [0.1, 0.15) is 0 Å². The van der Waals surface area contributed by atoms with Gasteiger partial charge in [-0.1, -0.05) is 6.92 Å². The SMILES string of the molecule is CC(CN)CS(=O)CCC(=O)N(C)C. The van der Waals surface area contributed by atoms with Crippen molar-refractivity contribution in [3.05, 3.63) is 0 Å². The standard InChI is InChI=1S/C9H20N2O2S/c1-8(6-10)7-14(13)5-4-9(12)11(2)3/h8H,4-7,10H2,1-3H3. The summed E-state index contributed by atoms with van der Waals surface area (Å²) in [5.74, 6) is 1.34. The predicted octanol–water partition coefficient (Wildman–Crippen LogP) is -0.192. The van der Waals surface area contributed by atoms with E-state index in [-0.39, 0.29) is 11.8 Å². The summed E-state index contributed by atoms with van der Waals surface area (Å²) >= 11 is 0. The minimum Gasteiger partial charge on any atom is -0.349 e. The van der Waals surface area contributed by atoms with Crippen LogP contribution in [-0.4, -0.2) is 47.2 Å². The van der Waals surface area contributed by atoms with E-state index in [1.54, 1.807) is 14.1 Å². The topological polar surface area (TPSA) is 63.4 Å². The monoisotopic (exact) mass is 220 g/mol. The lowest BCUT2D eigenvalue weighted by Crippen LogP contribution is -2.25. The zero-order chi connectivity index (χ0) is 11.1. The molecule has 0 aromatic heterocycles. The Balaban J connectivity index is 3.69. The van der Waals surface area contributed by atoms with E-state index in [2.05, 4.69) is 0 Å². The zero-order valence-electron chi connectivity index (χ0n) is 9.16. The van der Waals surface area contributed by atoms with Crippen molar-refractivity contribution in [1.82, 2.24) is 4.90 Å². The number of carbonyl (C=O) groups excluding carboxylic acids is 1. The van der Waals surface area contributed by atoms with Gasteiger partial charge in [-0.3, -0.25) is 9.00 Å². The van der Waals surface area contributed by atoms with Crippen molar-refractivity contribution in [3.63, 3.8) is 0 Å². The van der Waals surface area contributed by atoms with E-state index in [9.17, 15) is 9.00 Å². The average molecular weight is 220 g/mol. The Morgan fingerprint density at radius 3 is 2.50 bits per heavy atom. The fourth-order valence-electron chi connectivity index (χ4n) is 0.893.